The van der Waals surface area contributed by atoms with E-state index < -0.39 is 11.6 Å². The van der Waals surface area contributed by atoms with E-state index in [1.54, 1.807) is 36.8 Å². The topological polar surface area (TPSA) is 69.0 Å². The van der Waals surface area contributed by atoms with Crippen LogP contribution in [0.4, 0.5) is 8.78 Å². The molecule has 6 nitrogen and oxygen atoms in total. The summed E-state index contributed by atoms with van der Waals surface area (Å²) in [6.45, 7) is 0.000508. The molecule has 5 aromatic rings. The first-order valence-electron chi connectivity index (χ1n) is 10.9. The van der Waals surface area contributed by atoms with Crippen molar-refractivity contribution in [3.8, 4) is 11.4 Å². The second-order valence-corrected chi connectivity index (χ2v) is 7.78. The number of nitrogens with zero attached hydrogens (tertiary/aromatic N) is 3. The van der Waals surface area contributed by atoms with Gasteiger partial charge in [0.1, 0.15) is 29.5 Å². The number of para-hydroxylation sites is 2. The molecule has 0 bridgehead atoms. The number of amides is 1. The molecular weight excluding hydrogens is 450 g/mol. The van der Waals surface area contributed by atoms with Crippen LogP contribution < -0.4 is 10.1 Å². The minimum atomic E-state index is -0.686. The minimum absolute atomic E-state index is 0.171. The molecule has 35 heavy (non-hydrogen) atoms. The molecule has 8 heteroatoms. The molecule has 0 radical (unpaired) electrons. The highest BCUT2D eigenvalue weighted by atomic mass is 19.1. The number of carbonyl (C=O) groups excluding carboxylic acids is 1. The molecule has 0 fully saturated rings. The molecular formula is C27H20F2N4O2. The summed E-state index contributed by atoms with van der Waals surface area (Å²) >= 11 is 0. The number of halogens is 2. The van der Waals surface area contributed by atoms with Crippen LogP contribution in [0.25, 0.3) is 16.6 Å². The van der Waals surface area contributed by atoms with Gasteiger partial charge in [-0.25, -0.2) is 13.8 Å². The van der Waals surface area contributed by atoms with Crippen LogP contribution in [0.5, 0.6) is 5.75 Å². The second-order valence-electron chi connectivity index (χ2n) is 7.78. The smallest absolute Gasteiger partial charge is 0.252 e. The lowest BCUT2D eigenvalue weighted by molar-refractivity contribution is 0.0952. The summed E-state index contributed by atoms with van der Waals surface area (Å²) in [7, 11) is 0. The maximum absolute atomic E-state index is 14.0. The summed E-state index contributed by atoms with van der Waals surface area (Å²) in [6.07, 6.45) is 6.74. The lowest BCUT2D eigenvalue weighted by Crippen LogP contribution is -2.23. The van der Waals surface area contributed by atoms with Gasteiger partial charge in [0.2, 0.25) is 0 Å². The van der Waals surface area contributed by atoms with Crippen molar-refractivity contribution in [2.75, 3.05) is 0 Å². The lowest BCUT2D eigenvalue weighted by atomic mass is 10.1. The van der Waals surface area contributed by atoms with Gasteiger partial charge in [-0.2, -0.15) is 0 Å². The van der Waals surface area contributed by atoms with Crippen molar-refractivity contribution < 1.29 is 18.3 Å². The third kappa shape index (κ3) is 4.59. The van der Waals surface area contributed by atoms with Crippen molar-refractivity contribution in [2.24, 2.45) is 0 Å². The fourth-order valence-corrected chi connectivity index (χ4v) is 3.87. The number of hydrogen-bond acceptors (Lipinski definition) is 4. The van der Waals surface area contributed by atoms with Crippen LogP contribution in [-0.2, 0) is 13.2 Å². The molecule has 3 aromatic carbocycles. The number of hydrogen-bond donors (Lipinski definition) is 1. The third-order valence-corrected chi connectivity index (χ3v) is 5.63. The summed E-state index contributed by atoms with van der Waals surface area (Å²) < 4.78 is 35.6. The molecule has 0 unspecified atom stereocenters. The number of fused-ring (bicyclic) bond motifs is 1. The molecule has 1 amide bonds. The number of benzene rings is 3. The predicted octanol–water partition coefficient (Wildman–Crippen LogP) is 5.21. The number of imidazole rings is 1. The Morgan fingerprint density at radius 1 is 0.943 bits per heavy atom. The quantitative estimate of drug-likeness (QED) is 0.355. The van der Waals surface area contributed by atoms with Crippen LogP contribution in [-0.4, -0.2) is 20.4 Å². The monoisotopic (exact) mass is 470 g/mol. The highest BCUT2D eigenvalue weighted by molar-refractivity contribution is 6.07. The SMILES string of the molecule is O=C(NCc1ccccc1-n1ccnc1)c1ccnc2c(OCc3c(F)cccc3F)cccc12. The summed E-state index contributed by atoms with van der Waals surface area (Å²) in [4.78, 5) is 21.5. The first kappa shape index (κ1) is 22.2. The summed E-state index contributed by atoms with van der Waals surface area (Å²) in [5.74, 6) is -1.33. The second kappa shape index (κ2) is 9.72. The molecule has 0 spiro atoms. The Labute approximate surface area is 199 Å². The van der Waals surface area contributed by atoms with Gasteiger partial charge in [-0.3, -0.25) is 9.78 Å². The number of carbonyl (C=O) groups is 1. The number of rotatable bonds is 7. The van der Waals surface area contributed by atoms with E-state index in [1.807, 2.05) is 35.0 Å². The van der Waals surface area contributed by atoms with Gasteiger partial charge in [-0.05, 0) is 35.9 Å². The third-order valence-electron chi connectivity index (χ3n) is 5.63. The molecule has 2 aromatic heterocycles. The average molecular weight is 470 g/mol. The maximum atomic E-state index is 14.0. The van der Waals surface area contributed by atoms with Crippen molar-refractivity contribution in [1.29, 1.82) is 0 Å². The van der Waals surface area contributed by atoms with Gasteiger partial charge in [0, 0.05) is 30.5 Å². The van der Waals surface area contributed by atoms with Gasteiger partial charge >= 0.3 is 0 Å². The van der Waals surface area contributed by atoms with Crippen LogP contribution in [0, 0.1) is 11.6 Å². The zero-order valence-corrected chi connectivity index (χ0v) is 18.5. The molecule has 5 rings (SSSR count). The van der Waals surface area contributed by atoms with Crippen LogP contribution in [0.3, 0.4) is 0 Å². The van der Waals surface area contributed by atoms with E-state index in [-0.39, 0.29) is 18.1 Å². The number of nitrogens with one attached hydrogen (secondary N) is 1. The molecule has 2 heterocycles. The zero-order valence-electron chi connectivity index (χ0n) is 18.5. The molecule has 0 saturated carbocycles. The molecule has 0 saturated heterocycles. The van der Waals surface area contributed by atoms with Gasteiger partial charge in [0.25, 0.3) is 5.91 Å². The Morgan fingerprint density at radius 2 is 1.74 bits per heavy atom. The van der Waals surface area contributed by atoms with E-state index in [1.165, 1.54) is 24.4 Å². The van der Waals surface area contributed by atoms with Crippen molar-refractivity contribution in [1.82, 2.24) is 19.9 Å². The number of aromatic nitrogens is 3. The number of pyridine rings is 1. The van der Waals surface area contributed by atoms with E-state index in [9.17, 15) is 13.6 Å². The van der Waals surface area contributed by atoms with E-state index in [0.717, 1.165) is 11.3 Å². The number of ether oxygens (including phenoxy) is 1. The van der Waals surface area contributed by atoms with E-state index in [2.05, 4.69) is 15.3 Å². The highest BCUT2D eigenvalue weighted by Crippen LogP contribution is 2.27. The first-order chi connectivity index (χ1) is 17.1. The van der Waals surface area contributed by atoms with Crippen molar-refractivity contribution in [3.05, 3.63) is 120 Å². The van der Waals surface area contributed by atoms with Crippen LogP contribution in [0.2, 0.25) is 0 Å². The fraction of sp³-hybridized carbons (Fsp3) is 0.0741. The van der Waals surface area contributed by atoms with Crippen LogP contribution in [0.15, 0.2) is 91.6 Å². The van der Waals surface area contributed by atoms with Crippen LogP contribution >= 0.6 is 0 Å². The van der Waals surface area contributed by atoms with E-state index in [4.69, 9.17) is 4.74 Å². The molecule has 0 aliphatic carbocycles. The Balaban J connectivity index is 1.37. The van der Waals surface area contributed by atoms with Crippen molar-refractivity contribution in [3.63, 3.8) is 0 Å². The largest absolute Gasteiger partial charge is 0.486 e. The molecule has 1 N–H and O–H groups in total. The summed E-state index contributed by atoms with van der Waals surface area (Å²) in [5, 5.41) is 3.53. The lowest BCUT2D eigenvalue weighted by Gasteiger charge is -2.13. The Bertz CT molecular complexity index is 1480. The van der Waals surface area contributed by atoms with Gasteiger partial charge in [0.15, 0.2) is 0 Å². The Morgan fingerprint density at radius 3 is 2.54 bits per heavy atom. The average Bonchev–Trinajstić information content (AvgIpc) is 3.42. The maximum Gasteiger partial charge on any atom is 0.252 e. The molecule has 0 aliphatic heterocycles. The Hall–Kier alpha value is -4.59. The Kier molecular flexibility index (Phi) is 6.17. The van der Waals surface area contributed by atoms with Crippen LogP contribution in [0.1, 0.15) is 21.5 Å². The first-order valence-corrected chi connectivity index (χ1v) is 10.9. The minimum Gasteiger partial charge on any atom is -0.486 e. The molecule has 0 atom stereocenters. The zero-order chi connectivity index (χ0) is 24.2. The van der Waals surface area contributed by atoms with E-state index in [0.29, 0.717) is 28.8 Å². The van der Waals surface area contributed by atoms with E-state index >= 15 is 0 Å². The fourth-order valence-electron chi connectivity index (χ4n) is 3.87. The normalized spacial score (nSPS) is 10.9. The summed E-state index contributed by atoms with van der Waals surface area (Å²) in [6, 6.07) is 18.1. The standard InChI is InChI=1S/C27H20F2N4O2/c28-22-7-4-8-23(29)21(22)16-35-25-10-3-6-19-20(11-12-31-26(19)25)27(34)32-15-18-5-1-2-9-24(18)33-14-13-30-17-33/h1-14,17H,15-16H2,(H,32,34). The molecule has 0 aliphatic rings. The van der Waals surface area contributed by atoms with Crippen molar-refractivity contribution >= 4 is 16.8 Å². The predicted molar refractivity (Wildman–Crippen MR) is 127 cm³/mol. The van der Waals surface area contributed by atoms with Gasteiger partial charge in [-0.1, -0.05) is 36.4 Å². The van der Waals surface area contributed by atoms with Gasteiger partial charge < -0.3 is 14.6 Å². The van der Waals surface area contributed by atoms with Gasteiger partial charge in [-0.15, -0.1) is 0 Å². The van der Waals surface area contributed by atoms with Gasteiger partial charge in [0.05, 0.1) is 23.1 Å². The van der Waals surface area contributed by atoms with Crippen molar-refractivity contribution in [2.45, 2.75) is 13.2 Å². The molecule has 174 valence electrons. The summed E-state index contributed by atoms with van der Waals surface area (Å²) in [5.41, 5.74) is 2.51. The highest BCUT2D eigenvalue weighted by Gasteiger charge is 2.15.